The third kappa shape index (κ3) is 4.46. The van der Waals surface area contributed by atoms with Crippen molar-refractivity contribution in [2.75, 3.05) is 18.4 Å². The molecule has 2 amide bonds. The number of para-hydroxylation sites is 1. The molecule has 2 heterocycles. The molecular weight excluding hydrogens is 422 g/mol. The van der Waals surface area contributed by atoms with Crippen LogP contribution in [0.2, 0.25) is 0 Å². The first kappa shape index (κ1) is 22.0. The largest absolute Gasteiger partial charge is 0.378 e. The third-order valence-corrected chi connectivity index (χ3v) is 6.79. The van der Waals surface area contributed by atoms with Crippen LogP contribution in [0.3, 0.4) is 0 Å². The first-order valence-electron chi connectivity index (χ1n) is 11.9. The van der Waals surface area contributed by atoms with Gasteiger partial charge in [-0.3, -0.25) is 9.59 Å². The van der Waals surface area contributed by atoms with Gasteiger partial charge in [0.2, 0.25) is 0 Å². The van der Waals surface area contributed by atoms with Crippen molar-refractivity contribution in [3.8, 4) is 11.1 Å². The number of rotatable bonds is 5. The topological polar surface area (TPSA) is 61.4 Å². The number of hydrogen-bond donors (Lipinski definition) is 2. The summed E-state index contributed by atoms with van der Waals surface area (Å²) in [5, 5.41) is 5.91. The van der Waals surface area contributed by atoms with Crippen molar-refractivity contribution >= 4 is 17.5 Å². The maximum absolute atomic E-state index is 12.7. The Labute approximate surface area is 200 Å². The number of allylic oxidation sites excluding steroid dienone is 1. The highest BCUT2D eigenvalue weighted by atomic mass is 16.2. The number of anilines is 1. The van der Waals surface area contributed by atoms with E-state index in [1.807, 2.05) is 61.5 Å². The summed E-state index contributed by atoms with van der Waals surface area (Å²) < 4.78 is 0. The number of carbonyl (C=O) groups excluding carboxylic acids is 2. The third-order valence-electron chi connectivity index (χ3n) is 6.79. The lowest BCUT2D eigenvalue weighted by Crippen LogP contribution is -2.28. The zero-order valence-corrected chi connectivity index (χ0v) is 19.4. The number of nitrogens with one attached hydrogen (secondary N) is 2. The highest BCUT2D eigenvalue weighted by molar-refractivity contribution is 6.05. The molecule has 1 fully saturated rings. The summed E-state index contributed by atoms with van der Waals surface area (Å²) in [5.41, 5.74) is 6.54. The van der Waals surface area contributed by atoms with Crippen LogP contribution in [0.4, 0.5) is 5.69 Å². The Hall–Kier alpha value is -3.86. The fourth-order valence-corrected chi connectivity index (χ4v) is 4.96. The number of piperidine rings is 1. The van der Waals surface area contributed by atoms with Crippen LogP contribution in [0.1, 0.15) is 57.5 Å². The minimum atomic E-state index is -0.138. The monoisotopic (exact) mass is 451 g/mol. The second-order valence-electron chi connectivity index (χ2n) is 8.97. The van der Waals surface area contributed by atoms with Crippen molar-refractivity contribution in [2.45, 2.75) is 32.2 Å². The molecule has 0 aromatic heterocycles. The molecule has 3 aromatic rings. The van der Waals surface area contributed by atoms with Gasteiger partial charge in [-0.25, -0.2) is 0 Å². The van der Waals surface area contributed by atoms with E-state index in [9.17, 15) is 9.59 Å². The predicted molar refractivity (Wildman–Crippen MR) is 136 cm³/mol. The molecule has 0 saturated carbocycles. The van der Waals surface area contributed by atoms with E-state index in [-0.39, 0.29) is 11.8 Å². The normalized spacial score (nSPS) is 15.9. The summed E-state index contributed by atoms with van der Waals surface area (Å²) in [6.07, 6.45) is 6.39. The zero-order valence-electron chi connectivity index (χ0n) is 19.4. The zero-order chi connectivity index (χ0) is 23.5. The summed E-state index contributed by atoms with van der Waals surface area (Å²) in [4.78, 5) is 27.6. The van der Waals surface area contributed by atoms with Crippen LogP contribution in [0.5, 0.6) is 0 Å². The summed E-state index contributed by atoms with van der Waals surface area (Å²) in [5.74, 6) is 0.305. The highest BCUT2D eigenvalue weighted by Gasteiger charge is 2.27. The van der Waals surface area contributed by atoms with Crippen LogP contribution in [-0.4, -0.2) is 29.8 Å². The minimum Gasteiger partial charge on any atom is -0.378 e. The SMILES string of the molecule is CC=CN1CCC(c2cc3c(c(-c4ccc(C(=O)Nc5ccccc5)cc4)c2)CNC3=O)CC1. The van der Waals surface area contributed by atoms with Crippen LogP contribution in [0.15, 0.2) is 79.0 Å². The molecule has 1 saturated heterocycles. The fourth-order valence-electron chi connectivity index (χ4n) is 4.96. The highest BCUT2D eigenvalue weighted by Crippen LogP contribution is 2.36. The standard InChI is InChI=1S/C29H29N3O2/c1-2-14-32-15-12-20(13-16-32)23-17-25(27-19-30-29(34)26(27)18-23)21-8-10-22(11-9-21)28(33)31-24-6-4-3-5-7-24/h2-11,14,17-18,20H,12-13,15-16,19H2,1H3,(H,30,34)(H,31,33). The van der Waals surface area contributed by atoms with Gasteiger partial charge in [-0.1, -0.05) is 42.5 Å². The van der Waals surface area contributed by atoms with E-state index < -0.39 is 0 Å². The summed E-state index contributed by atoms with van der Waals surface area (Å²) >= 11 is 0. The average Bonchev–Trinajstić information content (AvgIpc) is 3.25. The van der Waals surface area contributed by atoms with E-state index in [0.717, 1.165) is 53.9 Å². The van der Waals surface area contributed by atoms with Crippen LogP contribution in [-0.2, 0) is 6.54 Å². The average molecular weight is 452 g/mol. The molecule has 2 aliphatic rings. The number of hydrogen-bond acceptors (Lipinski definition) is 3. The lowest BCUT2D eigenvalue weighted by molar-refractivity contribution is 0.0964. The Morgan fingerprint density at radius 2 is 1.71 bits per heavy atom. The van der Waals surface area contributed by atoms with E-state index in [2.05, 4.69) is 39.9 Å². The Morgan fingerprint density at radius 3 is 2.41 bits per heavy atom. The van der Waals surface area contributed by atoms with E-state index in [4.69, 9.17) is 0 Å². The summed E-state index contributed by atoms with van der Waals surface area (Å²) in [6.45, 7) is 4.64. The van der Waals surface area contributed by atoms with E-state index in [1.54, 1.807) is 0 Å². The van der Waals surface area contributed by atoms with Crippen LogP contribution in [0.25, 0.3) is 11.1 Å². The molecule has 5 nitrogen and oxygen atoms in total. The lowest BCUT2D eigenvalue weighted by atomic mass is 9.84. The molecule has 3 aromatic carbocycles. The Morgan fingerprint density at radius 1 is 1.00 bits per heavy atom. The van der Waals surface area contributed by atoms with Gasteiger partial charge in [0.25, 0.3) is 11.8 Å². The van der Waals surface area contributed by atoms with Gasteiger partial charge in [0.1, 0.15) is 0 Å². The molecule has 0 radical (unpaired) electrons. The molecular formula is C29H29N3O2. The van der Waals surface area contributed by atoms with Crippen molar-refractivity contribution in [1.29, 1.82) is 0 Å². The fraction of sp³-hybridized carbons (Fsp3) is 0.241. The predicted octanol–water partition coefficient (Wildman–Crippen LogP) is 5.56. The maximum atomic E-state index is 12.7. The molecule has 2 aliphatic heterocycles. The maximum Gasteiger partial charge on any atom is 0.255 e. The van der Waals surface area contributed by atoms with Gasteiger partial charge in [0.05, 0.1) is 0 Å². The van der Waals surface area contributed by atoms with E-state index in [1.165, 1.54) is 5.56 Å². The molecule has 2 N–H and O–H groups in total. The van der Waals surface area contributed by atoms with Crippen molar-refractivity contribution < 1.29 is 9.59 Å². The van der Waals surface area contributed by atoms with Crippen LogP contribution >= 0.6 is 0 Å². The van der Waals surface area contributed by atoms with Crippen LogP contribution < -0.4 is 10.6 Å². The molecule has 0 bridgehead atoms. The summed E-state index contributed by atoms with van der Waals surface area (Å²) in [6, 6.07) is 21.5. The molecule has 5 heteroatoms. The molecule has 0 aliphatic carbocycles. The van der Waals surface area contributed by atoms with Gasteiger partial charge in [-0.15, -0.1) is 0 Å². The van der Waals surface area contributed by atoms with Crippen molar-refractivity contribution in [3.63, 3.8) is 0 Å². The van der Waals surface area contributed by atoms with E-state index in [0.29, 0.717) is 18.0 Å². The number of benzene rings is 3. The quantitative estimate of drug-likeness (QED) is 0.534. The molecule has 5 rings (SSSR count). The second kappa shape index (κ2) is 9.56. The Balaban J connectivity index is 1.41. The molecule has 172 valence electrons. The van der Waals surface area contributed by atoms with Gasteiger partial charge in [-0.05, 0) is 84.5 Å². The number of carbonyl (C=O) groups is 2. The van der Waals surface area contributed by atoms with Crippen molar-refractivity contribution in [3.05, 3.63) is 101 Å². The van der Waals surface area contributed by atoms with Gasteiger partial charge < -0.3 is 15.5 Å². The number of fused-ring (bicyclic) bond motifs is 1. The smallest absolute Gasteiger partial charge is 0.255 e. The Bertz CT molecular complexity index is 1220. The minimum absolute atomic E-state index is 0.00307. The van der Waals surface area contributed by atoms with Gasteiger partial charge in [-0.2, -0.15) is 0 Å². The van der Waals surface area contributed by atoms with Crippen molar-refractivity contribution in [1.82, 2.24) is 10.2 Å². The van der Waals surface area contributed by atoms with Crippen LogP contribution in [0, 0.1) is 0 Å². The first-order valence-corrected chi connectivity index (χ1v) is 11.9. The van der Waals surface area contributed by atoms with Gasteiger partial charge in [0, 0.05) is 36.4 Å². The number of amides is 2. The molecule has 34 heavy (non-hydrogen) atoms. The molecule has 0 atom stereocenters. The van der Waals surface area contributed by atoms with Gasteiger partial charge in [0.15, 0.2) is 0 Å². The second-order valence-corrected chi connectivity index (χ2v) is 8.97. The van der Waals surface area contributed by atoms with E-state index >= 15 is 0 Å². The molecule has 0 spiro atoms. The molecule has 0 unspecified atom stereocenters. The van der Waals surface area contributed by atoms with Gasteiger partial charge >= 0.3 is 0 Å². The lowest BCUT2D eigenvalue weighted by Gasteiger charge is -2.31. The Kier molecular flexibility index (Phi) is 6.17. The first-order chi connectivity index (χ1) is 16.6. The van der Waals surface area contributed by atoms with Crippen molar-refractivity contribution in [2.24, 2.45) is 0 Å². The summed E-state index contributed by atoms with van der Waals surface area (Å²) in [7, 11) is 0. The number of nitrogens with zero attached hydrogens (tertiary/aromatic N) is 1. The number of likely N-dealkylation sites (tertiary alicyclic amines) is 1.